The Morgan fingerprint density at radius 3 is 2.41 bits per heavy atom. The average molecular weight is 299 g/mol. The van der Waals surface area contributed by atoms with Crippen LogP contribution in [0.2, 0.25) is 0 Å². The summed E-state index contributed by atoms with van der Waals surface area (Å²) in [6.45, 7) is 0.858. The first kappa shape index (κ1) is 16.0. The van der Waals surface area contributed by atoms with Gasteiger partial charge in [0.15, 0.2) is 0 Å². The van der Waals surface area contributed by atoms with Crippen molar-refractivity contribution in [2.45, 2.75) is 18.9 Å². The summed E-state index contributed by atoms with van der Waals surface area (Å²) in [6, 6.07) is 17.3. The molecule has 0 aliphatic rings. The van der Waals surface area contributed by atoms with Crippen LogP contribution in [0.4, 0.5) is 0 Å². The van der Waals surface area contributed by atoms with Gasteiger partial charge in [0.2, 0.25) is 0 Å². The molecule has 1 atom stereocenters. The number of hydrogen-bond acceptors (Lipinski definition) is 3. The fourth-order valence-corrected chi connectivity index (χ4v) is 2.26. The molecule has 0 aliphatic carbocycles. The average Bonchev–Trinajstić information content (AvgIpc) is 2.53. The summed E-state index contributed by atoms with van der Waals surface area (Å²) in [5.74, 6) is -0.0797. The SMILES string of the molecule is CNCC[C@H](Oc1ccc(CC(=O)O)cc1)c1ccccc1. The molecule has 22 heavy (non-hydrogen) atoms. The summed E-state index contributed by atoms with van der Waals surface area (Å²) in [4.78, 5) is 10.7. The smallest absolute Gasteiger partial charge is 0.307 e. The number of benzene rings is 2. The lowest BCUT2D eigenvalue weighted by molar-refractivity contribution is -0.136. The van der Waals surface area contributed by atoms with Gasteiger partial charge in [-0.3, -0.25) is 4.79 Å². The summed E-state index contributed by atoms with van der Waals surface area (Å²) < 4.78 is 6.08. The van der Waals surface area contributed by atoms with Crippen molar-refractivity contribution >= 4 is 5.97 Å². The highest BCUT2D eigenvalue weighted by molar-refractivity contribution is 5.70. The third-order valence-corrected chi connectivity index (χ3v) is 3.38. The zero-order chi connectivity index (χ0) is 15.8. The maximum Gasteiger partial charge on any atom is 0.307 e. The Morgan fingerprint density at radius 1 is 1.14 bits per heavy atom. The lowest BCUT2D eigenvalue weighted by atomic mass is 10.1. The van der Waals surface area contributed by atoms with Crippen molar-refractivity contribution in [1.29, 1.82) is 0 Å². The number of carbonyl (C=O) groups is 1. The van der Waals surface area contributed by atoms with Crippen molar-refractivity contribution < 1.29 is 14.6 Å². The molecule has 0 fully saturated rings. The minimum Gasteiger partial charge on any atom is -0.486 e. The maximum atomic E-state index is 10.7. The van der Waals surface area contributed by atoms with Crippen LogP contribution in [0.15, 0.2) is 54.6 Å². The second-order valence-electron chi connectivity index (χ2n) is 5.12. The maximum absolute atomic E-state index is 10.7. The molecular formula is C18H21NO3. The predicted octanol–water partition coefficient (Wildman–Crippen LogP) is 3.04. The predicted molar refractivity (Wildman–Crippen MR) is 86.1 cm³/mol. The van der Waals surface area contributed by atoms with E-state index in [4.69, 9.17) is 9.84 Å². The fraction of sp³-hybridized carbons (Fsp3) is 0.278. The molecule has 0 aromatic heterocycles. The molecular weight excluding hydrogens is 278 g/mol. The van der Waals surface area contributed by atoms with Crippen molar-refractivity contribution in [2.75, 3.05) is 13.6 Å². The number of aliphatic carboxylic acids is 1. The lowest BCUT2D eigenvalue weighted by Gasteiger charge is -2.19. The summed E-state index contributed by atoms with van der Waals surface area (Å²) in [7, 11) is 1.92. The highest BCUT2D eigenvalue weighted by Gasteiger charge is 2.13. The third kappa shape index (κ3) is 4.90. The van der Waals surface area contributed by atoms with Crippen LogP contribution in [-0.2, 0) is 11.2 Å². The van der Waals surface area contributed by atoms with Gasteiger partial charge in [0.1, 0.15) is 11.9 Å². The Labute approximate surface area is 130 Å². The number of rotatable bonds is 8. The minimum atomic E-state index is -0.829. The van der Waals surface area contributed by atoms with Crippen LogP contribution in [-0.4, -0.2) is 24.7 Å². The van der Waals surface area contributed by atoms with Crippen LogP contribution in [0, 0.1) is 0 Å². The Hall–Kier alpha value is -2.33. The summed E-state index contributed by atoms with van der Waals surface area (Å²) in [6.07, 6.45) is 0.860. The molecule has 0 saturated heterocycles. The van der Waals surface area contributed by atoms with Crippen LogP contribution in [0.25, 0.3) is 0 Å². The van der Waals surface area contributed by atoms with Crippen molar-refractivity contribution in [3.63, 3.8) is 0 Å². The zero-order valence-electron chi connectivity index (χ0n) is 12.7. The van der Waals surface area contributed by atoms with Gasteiger partial charge in [0.25, 0.3) is 0 Å². The molecule has 0 unspecified atom stereocenters. The molecule has 2 aromatic rings. The van der Waals surface area contributed by atoms with E-state index >= 15 is 0 Å². The van der Waals surface area contributed by atoms with Gasteiger partial charge in [0.05, 0.1) is 6.42 Å². The highest BCUT2D eigenvalue weighted by Crippen LogP contribution is 2.24. The van der Waals surface area contributed by atoms with Gasteiger partial charge in [-0.1, -0.05) is 42.5 Å². The van der Waals surface area contributed by atoms with Gasteiger partial charge < -0.3 is 15.2 Å². The van der Waals surface area contributed by atoms with E-state index in [0.717, 1.165) is 29.8 Å². The quantitative estimate of drug-likeness (QED) is 0.786. The van der Waals surface area contributed by atoms with Crippen molar-refractivity contribution in [3.8, 4) is 5.75 Å². The van der Waals surface area contributed by atoms with Gasteiger partial charge in [-0.15, -0.1) is 0 Å². The first-order valence-corrected chi connectivity index (χ1v) is 7.36. The number of nitrogens with one attached hydrogen (secondary N) is 1. The largest absolute Gasteiger partial charge is 0.486 e. The van der Waals surface area contributed by atoms with E-state index in [1.807, 2.05) is 37.4 Å². The van der Waals surface area contributed by atoms with Crippen LogP contribution < -0.4 is 10.1 Å². The van der Waals surface area contributed by atoms with Crippen molar-refractivity contribution in [3.05, 3.63) is 65.7 Å². The minimum absolute atomic E-state index is 0.0287. The molecule has 0 saturated carbocycles. The first-order chi connectivity index (χ1) is 10.7. The van der Waals surface area contributed by atoms with E-state index in [9.17, 15) is 4.79 Å². The topological polar surface area (TPSA) is 58.6 Å². The Morgan fingerprint density at radius 2 is 1.82 bits per heavy atom. The monoisotopic (exact) mass is 299 g/mol. The molecule has 2 rings (SSSR count). The van der Waals surface area contributed by atoms with E-state index in [0.29, 0.717) is 0 Å². The van der Waals surface area contributed by atoms with Crippen LogP contribution in [0.3, 0.4) is 0 Å². The van der Waals surface area contributed by atoms with Gasteiger partial charge >= 0.3 is 5.97 Å². The highest BCUT2D eigenvalue weighted by atomic mass is 16.5. The van der Waals surface area contributed by atoms with Gasteiger partial charge in [-0.25, -0.2) is 0 Å². The van der Waals surface area contributed by atoms with Gasteiger partial charge in [-0.05, 0) is 36.9 Å². The van der Waals surface area contributed by atoms with Crippen LogP contribution in [0.5, 0.6) is 5.75 Å². The molecule has 116 valence electrons. The second kappa shape index (κ2) is 8.20. The standard InChI is InChI=1S/C18H21NO3/c1-19-12-11-17(15-5-3-2-4-6-15)22-16-9-7-14(8-10-16)13-18(20)21/h2-10,17,19H,11-13H2,1H3,(H,20,21)/t17-/m0/s1. The first-order valence-electron chi connectivity index (χ1n) is 7.36. The molecule has 0 heterocycles. The van der Waals surface area contributed by atoms with Crippen molar-refractivity contribution in [2.24, 2.45) is 0 Å². The Balaban J connectivity index is 2.08. The summed E-state index contributed by atoms with van der Waals surface area (Å²) in [5.41, 5.74) is 1.90. The Kier molecular flexibility index (Phi) is 5.98. The zero-order valence-corrected chi connectivity index (χ0v) is 12.7. The molecule has 0 amide bonds. The normalized spacial score (nSPS) is 11.9. The molecule has 0 spiro atoms. The molecule has 2 aromatic carbocycles. The summed E-state index contributed by atoms with van der Waals surface area (Å²) in [5, 5.41) is 11.9. The third-order valence-electron chi connectivity index (χ3n) is 3.38. The van der Waals surface area contributed by atoms with Gasteiger partial charge in [-0.2, -0.15) is 0 Å². The number of carboxylic acids is 1. The van der Waals surface area contributed by atoms with Crippen molar-refractivity contribution in [1.82, 2.24) is 5.32 Å². The van der Waals surface area contributed by atoms with E-state index in [1.54, 1.807) is 12.1 Å². The van der Waals surface area contributed by atoms with E-state index in [-0.39, 0.29) is 12.5 Å². The summed E-state index contributed by atoms with van der Waals surface area (Å²) >= 11 is 0. The molecule has 2 N–H and O–H groups in total. The fourth-order valence-electron chi connectivity index (χ4n) is 2.26. The molecule has 4 nitrogen and oxygen atoms in total. The Bertz CT molecular complexity index is 581. The molecule has 4 heteroatoms. The van der Waals surface area contributed by atoms with E-state index in [2.05, 4.69) is 17.4 Å². The van der Waals surface area contributed by atoms with Crippen LogP contribution in [0.1, 0.15) is 23.7 Å². The molecule has 0 bridgehead atoms. The van der Waals surface area contributed by atoms with E-state index < -0.39 is 5.97 Å². The number of ether oxygens (including phenoxy) is 1. The van der Waals surface area contributed by atoms with Crippen LogP contribution >= 0.6 is 0 Å². The molecule has 0 radical (unpaired) electrons. The lowest BCUT2D eigenvalue weighted by Crippen LogP contribution is -2.16. The second-order valence-corrected chi connectivity index (χ2v) is 5.12. The number of carboxylic acid groups (broad SMARTS) is 1. The van der Waals surface area contributed by atoms with E-state index in [1.165, 1.54) is 0 Å². The number of hydrogen-bond donors (Lipinski definition) is 2. The van der Waals surface area contributed by atoms with Gasteiger partial charge in [0, 0.05) is 6.42 Å². The molecule has 0 aliphatic heterocycles.